The average Bonchev–Trinajstić information content (AvgIpc) is 2.28. The highest BCUT2D eigenvalue weighted by Gasteiger charge is 2.03. The van der Waals surface area contributed by atoms with E-state index >= 15 is 0 Å². The van der Waals surface area contributed by atoms with E-state index < -0.39 is 0 Å². The van der Waals surface area contributed by atoms with E-state index in [0.29, 0.717) is 6.54 Å². The summed E-state index contributed by atoms with van der Waals surface area (Å²) in [6.45, 7) is 6.13. The van der Waals surface area contributed by atoms with Crippen LogP contribution in [0.1, 0.15) is 39.2 Å². The number of carbonyl (C=O) groups excluding carboxylic acids is 2. The van der Waals surface area contributed by atoms with Crippen LogP contribution in [0.2, 0.25) is 0 Å². The molecule has 0 aromatic heterocycles. The molecule has 1 N–H and O–H groups in total. The van der Waals surface area contributed by atoms with Crippen molar-refractivity contribution in [3.63, 3.8) is 0 Å². The minimum absolute atomic E-state index is 0.0349. The first kappa shape index (κ1) is 15.4. The maximum atomic E-state index is 11.1. The summed E-state index contributed by atoms with van der Waals surface area (Å²) >= 11 is 0. The summed E-state index contributed by atoms with van der Waals surface area (Å²) in [7, 11) is 0. The van der Waals surface area contributed by atoms with Gasteiger partial charge in [-0.1, -0.05) is 50.6 Å². The number of amides is 1. The van der Waals surface area contributed by atoms with Crippen molar-refractivity contribution in [2.24, 2.45) is 0 Å². The van der Waals surface area contributed by atoms with Gasteiger partial charge in [-0.25, -0.2) is 0 Å². The van der Waals surface area contributed by atoms with Crippen molar-refractivity contribution in [1.82, 2.24) is 5.32 Å². The third-order valence-electron chi connectivity index (χ3n) is 1.74. The number of nitrogens with one attached hydrogen (secondary N) is 1. The van der Waals surface area contributed by atoms with Crippen LogP contribution in [-0.4, -0.2) is 11.7 Å². The van der Waals surface area contributed by atoms with Gasteiger partial charge in [-0.2, -0.15) is 0 Å². The molecule has 0 saturated heterocycles. The van der Waals surface area contributed by atoms with Crippen molar-refractivity contribution in [2.75, 3.05) is 0 Å². The van der Waals surface area contributed by atoms with Crippen LogP contribution in [0.15, 0.2) is 30.3 Å². The first-order valence-electron chi connectivity index (χ1n) is 5.90. The van der Waals surface area contributed by atoms with Gasteiger partial charge in [0.1, 0.15) is 5.78 Å². The Morgan fingerprint density at radius 1 is 1.12 bits per heavy atom. The minimum Gasteiger partial charge on any atom is -0.352 e. The van der Waals surface area contributed by atoms with Crippen molar-refractivity contribution in [2.45, 2.75) is 40.2 Å². The molecule has 1 amide bonds. The van der Waals surface area contributed by atoms with E-state index in [1.165, 1.54) is 13.3 Å². The molecule has 0 aliphatic carbocycles. The normalized spacial score (nSPS) is 8.88. The summed E-state index contributed by atoms with van der Waals surface area (Å²) in [4.78, 5) is 21.7. The number of rotatable bonds is 4. The summed E-state index contributed by atoms with van der Waals surface area (Å²) < 4.78 is 0. The van der Waals surface area contributed by atoms with Crippen LogP contribution in [0.25, 0.3) is 0 Å². The van der Waals surface area contributed by atoms with Gasteiger partial charge in [0.25, 0.3) is 0 Å². The number of carbonyl (C=O) groups is 2. The molecule has 0 aliphatic heterocycles. The smallest absolute Gasteiger partial charge is 0.227 e. The second-order valence-electron chi connectivity index (χ2n) is 3.85. The summed E-state index contributed by atoms with van der Waals surface area (Å²) in [5, 5.41) is 2.67. The lowest BCUT2D eigenvalue weighted by atomic mass is 10.2. The van der Waals surface area contributed by atoms with Crippen LogP contribution in [-0.2, 0) is 16.1 Å². The van der Waals surface area contributed by atoms with Gasteiger partial charge in [0, 0.05) is 6.54 Å². The summed E-state index contributed by atoms with van der Waals surface area (Å²) in [6.07, 6.45) is 1.22. The molecule has 17 heavy (non-hydrogen) atoms. The minimum atomic E-state index is -0.221. The van der Waals surface area contributed by atoms with Gasteiger partial charge in [0.2, 0.25) is 5.91 Å². The predicted octanol–water partition coefficient (Wildman–Crippen LogP) is 2.70. The van der Waals surface area contributed by atoms with Crippen LogP contribution in [0, 0.1) is 0 Å². The molecule has 3 heteroatoms. The van der Waals surface area contributed by atoms with Gasteiger partial charge < -0.3 is 5.32 Å². The molecule has 94 valence electrons. The van der Waals surface area contributed by atoms with E-state index in [9.17, 15) is 9.59 Å². The Hall–Kier alpha value is -1.64. The molecule has 0 radical (unpaired) electrons. The van der Waals surface area contributed by atoms with Gasteiger partial charge in [-0.3, -0.25) is 9.59 Å². The number of Topliss-reactive ketones (excluding diaryl/α,β-unsaturated/α-hetero) is 1. The van der Waals surface area contributed by atoms with Crippen LogP contribution in [0.4, 0.5) is 0 Å². The van der Waals surface area contributed by atoms with E-state index in [0.717, 1.165) is 5.56 Å². The van der Waals surface area contributed by atoms with Crippen molar-refractivity contribution in [3.8, 4) is 0 Å². The van der Waals surface area contributed by atoms with E-state index in [1.54, 1.807) is 0 Å². The zero-order chi connectivity index (χ0) is 13.1. The Balaban J connectivity index is 0.000000770. The lowest BCUT2D eigenvalue weighted by Gasteiger charge is -2.03. The van der Waals surface area contributed by atoms with E-state index in [2.05, 4.69) is 19.2 Å². The van der Waals surface area contributed by atoms with Crippen molar-refractivity contribution in [3.05, 3.63) is 35.9 Å². The Bertz CT molecular complexity index is 333. The Morgan fingerprint density at radius 3 is 2.12 bits per heavy atom. The second kappa shape index (κ2) is 9.58. The molecule has 0 bridgehead atoms. The fraction of sp³-hybridized carbons (Fsp3) is 0.429. The zero-order valence-electron chi connectivity index (χ0n) is 10.8. The molecule has 0 fully saturated rings. The third-order valence-corrected chi connectivity index (χ3v) is 1.74. The molecule has 0 saturated carbocycles. The molecule has 1 aromatic rings. The standard InChI is InChI=1S/C11H13NO2.C3H8/c1-9(13)7-11(14)12-8-10-5-3-2-4-6-10;1-3-2/h2-6H,7-8H2,1H3,(H,12,14);3H2,1-2H3. The second-order valence-corrected chi connectivity index (χ2v) is 3.85. The Morgan fingerprint density at radius 2 is 1.65 bits per heavy atom. The van der Waals surface area contributed by atoms with E-state index in [4.69, 9.17) is 0 Å². The predicted molar refractivity (Wildman–Crippen MR) is 69.6 cm³/mol. The fourth-order valence-electron chi connectivity index (χ4n) is 1.09. The highest BCUT2D eigenvalue weighted by molar-refractivity contribution is 5.96. The Labute approximate surface area is 103 Å². The largest absolute Gasteiger partial charge is 0.352 e. The third kappa shape index (κ3) is 9.30. The summed E-state index contributed by atoms with van der Waals surface area (Å²) in [5.74, 6) is -0.336. The summed E-state index contributed by atoms with van der Waals surface area (Å²) in [6, 6.07) is 9.59. The molecule has 1 rings (SSSR count). The van der Waals surface area contributed by atoms with Gasteiger partial charge in [-0.05, 0) is 12.5 Å². The molecule has 1 aromatic carbocycles. The van der Waals surface area contributed by atoms with Gasteiger partial charge >= 0.3 is 0 Å². The number of benzene rings is 1. The van der Waals surface area contributed by atoms with Crippen LogP contribution in [0.3, 0.4) is 0 Å². The van der Waals surface area contributed by atoms with Crippen molar-refractivity contribution < 1.29 is 9.59 Å². The SMILES string of the molecule is CC(=O)CC(=O)NCc1ccccc1.CCC. The lowest BCUT2D eigenvalue weighted by Crippen LogP contribution is -2.24. The van der Waals surface area contributed by atoms with E-state index in [-0.39, 0.29) is 18.1 Å². The maximum absolute atomic E-state index is 11.1. The van der Waals surface area contributed by atoms with Crippen LogP contribution in [0.5, 0.6) is 0 Å². The van der Waals surface area contributed by atoms with Crippen LogP contribution >= 0.6 is 0 Å². The first-order chi connectivity index (χ1) is 8.10. The number of hydrogen-bond acceptors (Lipinski definition) is 2. The van der Waals surface area contributed by atoms with Crippen LogP contribution < -0.4 is 5.32 Å². The number of ketones is 1. The van der Waals surface area contributed by atoms with Crippen molar-refractivity contribution in [1.29, 1.82) is 0 Å². The first-order valence-corrected chi connectivity index (χ1v) is 5.90. The topological polar surface area (TPSA) is 46.2 Å². The quantitative estimate of drug-likeness (QED) is 0.816. The van der Waals surface area contributed by atoms with Gasteiger partial charge in [0.15, 0.2) is 0 Å². The molecule has 3 nitrogen and oxygen atoms in total. The number of hydrogen-bond donors (Lipinski definition) is 1. The molecule has 0 atom stereocenters. The molecule has 0 spiro atoms. The highest BCUT2D eigenvalue weighted by Crippen LogP contribution is 1.97. The molecular formula is C14H21NO2. The maximum Gasteiger partial charge on any atom is 0.227 e. The lowest BCUT2D eigenvalue weighted by molar-refractivity contribution is -0.127. The highest BCUT2D eigenvalue weighted by atomic mass is 16.2. The summed E-state index contributed by atoms with van der Waals surface area (Å²) in [5.41, 5.74) is 1.03. The zero-order valence-corrected chi connectivity index (χ0v) is 10.8. The Kier molecular flexibility index (Phi) is 8.65. The van der Waals surface area contributed by atoms with Crippen molar-refractivity contribution >= 4 is 11.7 Å². The monoisotopic (exact) mass is 235 g/mol. The molecule has 0 aliphatic rings. The molecule has 0 unspecified atom stereocenters. The van der Waals surface area contributed by atoms with Gasteiger partial charge in [-0.15, -0.1) is 0 Å². The fourth-order valence-corrected chi connectivity index (χ4v) is 1.09. The molecule has 0 heterocycles. The van der Waals surface area contributed by atoms with E-state index in [1.807, 2.05) is 30.3 Å². The average molecular weight is 235 g/mol. The molecular weight excluding hydrogens is 214 g/mol. The van der Waals surface area contributed by atoms with Gasteiger partial charge in [0.05, 0.1) is 6.42 Å².